The Balaban J connectivity index is 1.54. The molecule has 0 aliphatic carbocycles. The summed E-state index contributed by atoms with van der Waals surface area (Å²) in [4.78, 5) is 17.0. The van der Waals surface area contributed by atoms with Gasteiger partial charge in [0.15, 0.2) is 0 Å². The molecule has 1 amide bonds. The minimum atomic E-state index is -0.0264. The molecular weight excluding hydrogens is 334 g/mol. The summed E-state index contributed by atoms with van der Waals surface area (Å²) in [5, 5.41) is 12.5. The van der Waals surface area contributed by atoms with Crippen LogP contribution in [0.4, 0.5) is 5.69 Å². The molecule has 0 saturated carbocycles. The highest BCUT2D eigenvalue weighted by molar-refractivity contribution is 7.99. The zero-order valence-corrected chi connectivity index (χ0v) is 14.6. The fourth-order valence-electron chi connectivity index (χ4n) is 2.88. The van der Waals surface area contributed by atoms with E-state index >= 15 is 0 Å². The zero-order valence-electron chi connectivity index (χ0n) is 13.8. The van der Waals surface area contributed by atoms with E-state index < -0.39 is 0 Å². The Kier molecular flexibility index (Phi) is 4.23. The lowest BCUT2D eigenvalue weighted by atomic mass is 10.1. The third-order valence-electron chi connectivity index (χ3n) is 4.15. The van der Waals surface area contributed by atoms with Gasteiger partial charge in [-0.15, -0.1) is 22.0 Å². The van der Waals surface area contributed by atoms with Gasteiger partial charge in [-0.2, -0.15) is 4.80 Å². The van der Waals surface area contributed by atoms with E-state index in [2.05, 4.69) is 15.4 Å². The maximum Gasteiger partial charge on any atom is 0.250 e. The van der Waals surface area contributed by atoms with E-state index in [0.29, 0.717) is 12.4 Å². The molecule has 7 heteroatoms. The lowest BCUT2D eigenvalue weighted by Gasteiger charge is -2.28. The average molecular weight is 351 g/mol. The van der Waals surface area contributed by atoms with Crippen LogP contribution in [0.3, 0.4) is 0 Å². The van der Waals surface area contributed by atoms with Gasteiger partial charge in [-0.05, 0) is 29.8 Å². The second-order valence-electron chi connectivity index (χ2n) is 5.82. The smallest absolute Gasteiger partial charge is 0.250 e. The number of nitrogens with zero attached hydrogens (tertiary/aromatic N) is 5. The van der Waals surface area contributed by atoms with E-state index in [1.165, 1.54) is 4.80 Å². The van der Waals surface area contributed by atoms with Crippen molar-refractivity contribution in [2.75, 3.05) is 17.2 Å². The summed E-state index contributed by atoms with van der Waals surface area (Å²) in [6, 6.07) is 15.8. The van der Waals surface area contributed by atoms with Crippen molar-refractivity contribution in [1.29, 1.82) is 0 Å². The summed E-state index contributed by atoms with van der Waals surface area (Å²) in [5.41, 5.74) is 2.97. The van der Waals surface area contributed by atoms with Gasteiger partial charge < -0.3 is 4.90 Å². The Morgan fingerprint density at radius 3 is 2.84 bits per heavy atom. The number of aromatic nitrogens is 4. The number of carbonyl (C=O) groups excluding carboxylic acids is 1. The first kappa shape index (κ1) is 15.8. The second kappa shape index (κ2) is 6.68. The van der Waals surface area contributed by atoms with Gasteiger partial charge in [0.2, 0.25) is 5.82 Å². The van der Waals surface area contributed by atoms with E-state index in [0.717, 1.165) is 27.5 Å². The van der Waals surface area contributed by atoms with Crippen molar-refractivity contribution in [3.63, 3.8) is 0 Å². The zero-order chi connectivity index (χ0) is 17.2. The summed E-state index contributed by atoms with van der Waals surface area (Å²) in [5.74, 6) is 1.41. The molecule has 2 heterocycles. The van der Waals surface area contributed by atoms with Gasteiger partial charge in [0, 0.05) is 22.8 Å². The van der Waals surface area contributed by atoms with Crippen LogP contribution in [0.1, 0.15) is 5.56 Å². The third kappa shape index (κ3) is 3.15. The molecule has 0 bridgehead atoms. The largest absolute Gasteiger partial charge is 0.309 e. The lowest BCUT2D eigenvalue weighted by Crippen LogP contribution is -2.38. The number of aryl methyl sites for hydroxylation is 1. The summed E-state index contributed by atoms with van der Waals surface area (Å²) in [6.45, 7) is 2.78. The van der Waals surface area contributed by atoms with Crippen LogP contribution in [0, 0.1) is 6.92 Å². The van der Waals surface area contributed by atoms with Crippen molar-refractivity contribution in [3.8, 4) is 11.4 Å². The van der Waals surface area contributed by atoms with Crippen LogP contribution in [-0.4, -0.2) is 38.4 Å². The van der Waals surface area contributed by atoms with E-state index in [1.807, 2.05) is 60.4 Å². The van der Waals surface area contributed by atoms with Crippen LogP contribution < -0.4 is 4.90 Å². The molecular formula is C18H17N5OS. The first-order valence-corrected chi connectivity index (χ1v) is 9.07. The normalized spacial score (nSPS) is 13.6. The maximum absolute atomic E-state index is 12.7. The third-order valence-corrected chi connectivity index (χ3v) is 5.19. The number of anilines is 1. The Labute approximate surface area is 149 Å². The van der Waals surface area contributed by atoms with Gasteiger partial charge in [-0.1, -0.05) is 36.4 Å². The monoisotopic (exact) mass is 351 g/mol. The second-order valence-corrected chi connectivity index (χ2v) is 6.96. The van der Waals surface area contributed by atoms with Crippen molar-refractivity contribution >= 4 is 23.4 Å². The number of fused-ring (bicyclic) bond motifs is 1. The Bertz CT molecular complexity index is 923. The van der Waals surface area contributed by atoms with Crippen molar-refractivity contribution in [3.05, 3.63) is 54.1 Å². The van der Waals surface area contributed by atoms with E-state index in [-0.39, 0.29) is 12.5 Å². The standard InChI is InChI=1S/C18H17N5OS/c1-13-6-2-3-7-14(13)18-19-21-23(20-18)12-17(24)22-10-11-25-16-9-5-4-8-15(16)22/h2-9H,10-12H2,1H3. The van der Waals surface area contributed by atoms with Crippen molar-refractivity contribution in [1.82, 2.24) is 20.2 Å². The van der Waals surface area contributed by atoms with E-state index in [4.69, 9.17) is 0 Å². The average Bonchev–Trinajstić information content (AvgIpc) is 3.09. The molecule has 1 aromatic heterocycles. The first-order chi connectivity index (χ1) is 12.2. The van der Waals surface area contributed by atoms with Gasteiger partial charge in [-0.25, -0.2) is 0 Å². The number of hydrogen-bond donors (Lipinski definition) is 0. The molecule has 0 N–H and O–H groups in total. The van der Waals surface area contributed by atoms with E-state index in [9.17, 15) is 4.79 Å². The molecule has 6 nitrogen and oxygen atoms in total. The highest BCUT2D eigenvalue weighted by atomic mass is 32.2. The van der Waals surface area contributed by atoms with Crippen LogP contribution >= 0.6 is 11.8 Å². The molecule has 0 saturated heterocycles. The quantitative estimate of drug-likeness (QED) is 0.726. The van der Waals surface area contributed by atoms with Gasteiger partial charge in [0.05, 0.1) is 5.69 Å². The lowest BCUT2D eigenvalue weighted by molar-refractivity contribution is -0.119. The number of tetrazole rings is 1. The Hall–Kier alpha value is -2.67. The van der Waals surface area contributed by atoms with E-state index in [1.54, 1.807) is 11.8 Å². The molecule has 0 spiro atoms. The van der Waals surface area contributed by atoms with Crippen LogP contribution in [0.5, 0.6) is 0 Å². The number of rotatable bonds is 3. The molecule has 1 aliphatic rings. The van der Waals surface area contributed by atoms with Gasteiger partial charge in [0.1, 0.15) is 6.54 Å². The number of thioether (sulfide) groups is 1. The van der Waals surface area contributed by atoms with Crippen molar-refractivity contribution < 1.29 is 4.79 Å². The summed E-state index contributed by atoms with van der Waals surface area (Å²) < 4.78 is 0. The Morgan fingerprint density at radius 2 is 1.96 bits per heavy atom. The molecule has 0 fully saturated rings. The van der Waals surface area contributed by atoms with Crippen molar-refractivity contribution in [2.24, 2.45) is 0 Å². The SMILES string of the molecule is Cc1ccccc1-c1nnn(CC(=O)N2CCSc3ccccc32)n1. The molecule has 0 unspecified atom stereocenters. The molecule has 3 aromatic rings. The molecule has 2 aromatic carbocycles. The van der Waals surface area contributed by atoms with Crippen molar-refractivity contribution in [2.45, 2.75) is 18.4 Å². The number of hydrogen-bond acceptors (Lipinski definition) is 5. The van der Waals surface area contributed by atoms with Crippen LogP contribution in [-0.2, 0) is 11.3 Å². The minimum absolute atomic E-state index is 0.0264. The Morgan fingerprint density at radius 1 is 1.16 bits per heavy atom. The highest BCUT2D eigenvalue weighted by Crippen LogP contribution is 2.34. The number of carbonyl (C=O) groups is 1. The molecule has 1 aliphatic heterocycles. The molecule has 126 valence electrons. The molecule has 0 radical (unpaired) electrons. The molecule has 25 heavy (non-hydrogen) atoms. The predicted octanol–water partition coefficient (Wildman–Crippen LogP) is 2.79. The maximum atomic E-state index is 12.7. The van der Waals surface area contributed by atoms with Gasteiger partial charge in [-0.3, -0.25) is 4.79 Å². The molecule has 4 rings (SSSR count). The van der Waals surface area contributed by atoms with Gasteiger partial charge >= 0.3 is 0 Å². The van der Waals surface area contributed by atoms with Crippen LogP contribution in [0.2, 0.25) is 0 Å². The fraction of sp³-hybridized carbons (Fsp3) is 0.222. The molecule has 0 atom stereocenters. The first-order valence-electron chi connectivity index (χ1n) is 8.08. The van der Waals surface area contributed by atoms with Crippen LogP contribution in [0.15, 0.2) is 53.4 Å². The predicted molar refractivity (Wildman–Crippen MR) is 97.5 cm³/mol. The topological polar surface area (TPSA) is 63.9 Å². The number of amides is 1. The number of para-hydroxylation sites is 1. The van der Waals surface area contributed by atoms with Crippen LogP contribution in [0.25, 0.3) is 11.4 Å². The minimum Gasteiger partial charge on any atom is -0.309 e. The summed E-state index contributed by atoms with van der Waals surface area (Å²) in [7, 11) is 0. The summed E-state index contributed by atoms with van der Waals surface area (Å²) >= 11 is 1.77. The number of benzene rings is 2. The summed E-state index contributed by atoms with van der Waals surface area (Å²) in [6.07, 6.45) is 0. The highest BCUT2D eigenvalue weighted by Gasteiger charge is 2.23. The fourth-order valence-corrected chi connectivity index (χ4v) is 3.87. The van der Waals surface area contributed by atoms with Gasteiger partial charge in [0.25, 0.3) is 5.91 Å².